The molecule has 1 aliphatic heterocycles. The van der Waals surface area contributed by atoms with Gasteiger partial charge in [-0.15, -0.1) is 0 Å². The molecular formula is C12H17NS. The molecule has 1 atom stereocenters. The Balaban J connectivity index is 1.86. The van der Waals surface area contributed by atoms with Crippen LogP contribution in [0.2, 0.25) is 0 Å². The molecule has 0 aromatic heterocycles. The summed E-state index contributed by atoms with van der Waals surface area (Å²) in [5, 5.41) is 3.58. The molecular weight excluding hydrogens is 190 g/mol. The number of anilines is 1. The fourth-order valence-electron chi connectivity index (χ4n) is 1.92. The first-order chi connectivity index (χ1) is 6.90. The first kappa shape index (κ1) is 9.91. The summed E-state index contributed by atoms with van der Waals surface area (Å²) in [4.78, 5) is 0. The summed E-state index contributed by atoms with van der Waals surface area (Å²) < 4.78 is 0. The van der Waals surface area contributed by atoms with Crippen molar-refractivity contribution in [2.24, 2.45) is 0 Å². The van der Waals surface area contributed by atoms with Gasteiger partial charge in [-0.3, -0.25) is 0 Å². The number of rotatable bonds is 4. The highest BCUT2D eigenvalue weighted by atomic mass is 32.2. The Hall–Kier alpha value is -0.630. The van der Waals surface area contributed by atoms with Crippen molar-refractivity contribution in [2.75, 3.05) is 16.8 Å². The van der Waals surface area contributed by atoms with Crippen molar-refractivity contribution in [1.82, 2.24) is 0 Å². The van der Waals surface area contributed by atoms with E-state index in [-0.39, 0.29) is 0 Å². The molecule has 0 bridgehead atoms. The van der Waals surface area contributed by atoms with Crippen LogP contribution in [0.1, 0.15) is 18.9 Å². The van der Waals surface area contributed by atoms with Gasteiger partial charge in [0.25, 0.3) is 0 Å². The molecule has 14 heavy (non-hydrogen) atoms. The fourth-order valence-corrected chi connectivity index (χ4v) is 2.66. The van der Waals surface area contributed by atoms with E-state index in [1.54, 1.807) is 0 Å². The minimum atomic E-state index is 0.673. The molecule has 0 fully saturated rings. The normalized spacial score (nSPS) is 19.1. The first-order valence-electron chi connectivity index (χ1n) is 5.32. The van der Waals surface area contributed by atoms with Gasteiger partial charge in [-0.2, -0.15) is 11.8 Å². The van der Waals surface area contributed by atoms with Crippen LogP contribution in [-0.2, 0) is 6.42 Å². The summed E-state index contributed by atoms with van der Waals surface area (Å²) in [5.74, 6) is 2.52. The number of hydrogen-bond donors (Lipinski definition) is 1. The highest BCUT2D eigenvalue weighted by Gasteiger charge is 2.18. The van der Waals surface area contributed by atoms with Crippen LogP contribution in [0, 0.1) is 0 Å². The lowest BCUT2D eigenvalue weighted by atomic mass is 10.1. The molecule has 76 valence electrons. The molecule has 1 N–H and O–H groups in total. The standard InChI is InChI=1S/C12H17NS/c1-2-14-8-7-11-9-10-5-3-4-6-12(10)13-11/h3-6,11,13H,2,7-9H2,1H3. The van der Waals surface area contributed by atoms with Crippen LogP contribution < -0.4 is 5.32 Å². The molecule has 1 aliphatic rings. The van der Waals surface area contributed by atoms with Crippen LogP contribution in [-0.4, -0.2) is 17.5 Å². The number of thioether (sulfide) groups is 1. The maximum Gasteiger partial charge on any atom is 0.0375 e. The molecule has 0 amide bonds. The maximum absolute atomic E-state index is 3.58. The van der Waals surface area contributed by atoms with Crippen molar-refractivity contribution < 1.29 is 0 Å². The number of nitrogens with one attached hydrogen (secondary N) is 1. The van der Waals surface area contributed by atoms with Crippen molar-refractivity contribution in [3.63, 3.8) is 0 Å². The first-order valence-corrected chi connectivity index (χ1v) is 6.48. The van der Waals surface area contributed by atoms with Gasteiger partial charge in [-0.25, -0.2) is 0 Å². The van der Waals surface area contributed by atoms with Gasteiger partial charge in [0.2, 0.25) is 0 Å². The Kier molecular flexibility index (Phi) is 3.35. The highest BCUT2D eigenvalue weighted by molar-refractivity contribution is 7.99. The Labute approximate surface area is 90.3 Å². The predicted octanol–water partition coefficient (Wildman–Crippen LogP) is 3.17. The predicted molar refractivity (Wildman–Crippen MR) is 65.2 cm³/mol. The summed E-state index contributed by atoms with van der Waals surface area (Å²) in [6.07, 6.45) is 2.49. The second-order valence-corrected chi connectivity index (χ2v) is 5.08. The number of benzene rings is 1. The third-order valence-electron chi connectivity index (χ3n) is 2.66. The Morgan fingerprint density at radius 3 is 3.07 bits per heavy atom. The minimum absolute atomic E-state index is 0.673. The van der Waals surface area contributed by atoms with E-state index in [2.05, 4.69) is 36.5 Å². The quantitative estimate of drug-likeness (QED) is 0.761. The summed E-state index contributed by atoms with van der Waals surface area (Å²) in [7, 11) is 0. The molecule has 0 spiro atoms. The molecule has 1 aromatic carbocycles. The SMILES string of the molecule is CCSCCC1Cc2ccccc2N1. The van der Waals surface area contributed by atoms with E-state index >= 15 is 0 Å². The maximum atomic E-state index is 3.58. The summed E-state index contributed by atoms with van der Waals surface area (Å²) in [6, 6.07) is 9.32. The van der Waals surface area contributed by atoms with Crippen molar-refractivity contribution in [3.8, 4) is 0 Å². The van der Waals surface area contributed by atoms with Gasteiger partial charge in [0.05, 0.1) is 0 Å². The van der Waals surface area contributed by atoms with Gasteiger partial charge >= 0.3 is 0 Å². The van der Waals surface area contributed by atoms with Gasteiger partial charge in [-0.1, -0.05) is 25.1 Å². The van der Waals surface area contributed by atoms with Crippen molar-refractivity contribution >= 4 is 17.4 Å². The lowest BCUT2D eigenvalue weighted by Crippen LogP contribution is -2.15. The molecule has 2 rings (SSSR count). The summed E-state index contributed by atoms with van der Waals surface area (Å²) in [5.41, 5.74) is 2.83. The van der Waals surface area contributed by atoms with Crippen LogP contribution in [0.4, 0.5) is 5.69 Å². The van der Waals surface area contributed by atoms with Gasteiger partial charge in [0, 0.05) is 11.7 Å². The zero-order chi connectivity index (χ0) is 9.80. The zero-order valence-corrected chi connectivity index (χ0v) is 9.44. The fraction of sp³-hybridized carbons (Fsp3) is 0.500. The van der Waals surface area contributed by atoms with Gasteiger partial charge in [0.15, 0.2) is 0 Å². The van der Waals surface area contributed by atoms with E-state index < -0.39 is 0 Å². The Bertz CT molecular complexity index is 273. The molecule has 2 heteroatoms. The van der Waals surface area contributed by atoms with E-state index in [9.17, 15) is 0 Å². The van der Waals surface area contributed by atoms with Gasteiger partial charge < -0.3 is 5.32 Å². The van der Waals surface area contributed by atoms with Gasteiger partial charge in [0.1, 0.15) is 0 Å². The van der Waals surface area contributed by atoms with Crippen LogP contribution >= 0.6 is 11.8 Å². The van der Waals surface area contributed by atoms with E-state index in [4.69, 9.17) is 0 Å². The van der Waals surface area contributed by atoms with E-state index in [0.29, 0.717) is 6.04 Å². The number of hydrogen-bond acceptors (Lipinski definition) is 2. The molecule has 1 heterocycles. The topological polar surface area (TPSA) is 12.0 Å². The minimum Gasteiger partial charge on any atom is -0.382 e. The monoisotopic (exact) mass is 207 g/mol. The smallest absolute Gasteiger partial charge is 0.0375 e. The van der Waals surface area contributed by atoms with E-state index in [1.807, 2.05) is 11.8 Å². The van der Waals surface area contributed by atoms with Crippen LogP contribution in [0.3, 0.4) is 0 Å². The number of fused-ring (bicyclic) bond motifs is 1. The lowest BCUT2D eigenvalue weighted by molar-refractivity contribution is 0.730. The average molecular weight is 207 g/mol. The summed E-state index contributed by atoms with van der Waals surface area (Å²) in [6.45, 7) is 2.22. The molecule has 0 saturated heterocycles. The molecule has 0 aliphatic carbocycles. The van der Waals surface area contributed by atoms with Crippen molar-refractivity contribution in [3.05, 3.63) is 29.8 Å². The third kappa shape index (κ3) is 2.24. The molecule has 1 aromatic rings. The van der Waals surface area contributed by atoms with Crippen LogP contribution in [0.25, 0.3) is 0 Å². The lowest BCUT2D eigenvalue weighted by Gasteiger charge is -2.09. The molecule has 1 nitrogen and oxygen atoms in total. The van der Waals surface area contributed by atoms with E-state index in [0.717, 1.165) is 0 Å². The highest BCUT2D eigenvalue weighted by Crippen LogP contribution is 2.26. The van der Waals surface area contributed by atoms with Crippen LogP contribution in [0.15, 0.2) is 24.3 Å². The second-order valence-electron chi connectivity index (χ2n) is 3.69. The molecule has 0 radical (unpaired) electrons. The van der Waals surface area contributed by atoms with Gasteiger partial charge in [-0.05, 0) is 36.0 Å². The summed E-state index contributed by atoms with van der Waals surface area (Å²) >= 11 is 2.03. The number of para-hydroxylation sites is 1. The Morgan fingerprint density at radius 1 is 1.43 bits per heavy atom. The van der Waals surface area contributed by atoms with Crippen molar-refractivity contribution in [2.45, 2.75) is 25.8 Å². The molecule has 0 saturated carbocycles. The van der Waals surface area contributed by atoms with E-state index in [1.165, 1.54) is 35.6 Å². The third-order valence-corrected chi connectivity index (χ3v) is 3.59. The largest absolute Gasteiger partial charge is 0.382 e. The molecule has 1 unspecified atom stereocenters. The second kappa shape index (κ2) is 4.74. The zero-order valence-electron chi connectivity index (χ0n) is 8.62. The van der Waals surface area contributed by atoms with Crippen molar-refractivity contribution in [1.29, 1.82) is 0 Å². The Morgan fingerprint density at radius 2 is 2.29 bits per heavy atom. The average Bonchev–Trinajstić information content (AvgIpc) is 2.60. The van der Waals surface area contributed by atoms with Crippen LogP contribution in [0.5, 0.6) is 0 Å².